The molecule has 3 amide bonds. The molecule has 1 unspecified atom stereocenters. The molecular weight excluding hydrogens is 348 g/mol. The number of nitrogens with zero attached hydrogens (tertiary/aromatic N) is 2. The van der Waals surface area contributed by atoms with Gasteiger partial charge in [-0.05, 0) is 30.4 Å². The Bertz CT molecular complexity index is 734. The van der Waals surface area contributed by atoms with E-state index < -0.39 is 29.9 Å². The van der Waals surface area contributed by atoms with E-state index in [1.165, 1.54) is 6.92 Å². The minimum absolute atomic E-state index is 0.207. The highest BCUT2D eigenvalue weighted by Gasteiger charge is 2.32. The Balaban J connectivity index is 2.14. The fraction of sp³-hybridized carbons (Fsp3) is 0.526. The van der Waals surface area contributed by atoms with Crippen LogP contribution in [0.1, 0.15) is 37.9 Å². The number of carbonyl (C=O) groups is 3. The highest BCUT2D eigenvalue weighted by atomic mass is 16.3. The topological polar surface area (TPSA) is 108 Å². The molecule has 1 aromatic rings. The van der Waals surface area contributed by atoms with Crippen LogP contribution < -0.4 is 10.6 Å². The van der Waals surface area contributed by atoms with Crippen molar-refractivity contribution in [1.29, 1.82) is 0 Å². The monoisotopic (exact) mass is 374 g/mol. The summed E-state index contributed by atoms with van der Waals surface area (Å²) in [6.07, 6.45) is 0.706. The summed E-state index contributed by atoms with van der Waals surface area (Å²) in [5, 5.41) is 8.06. The van der Waals surface area contributed by atoms with E-state index >= 15 is 0 Å². The van der Waals surface area contributed by atoms with E-state index in [9.17, 15) is 19.3 Å². The van der Waals surface area contributed by atoms with Gasteiger partial charge in [-0.15, -0.1) is 4.91 Å². The van der Waals surface area contributed by atoms with Crippen molar-refractivity contribution in [2.75, 3.05) is 13.6 Å². The molecule has 27 heavy (non-hydrogen) atoms. The van der Waals surface area contributed by atoms with Gasteiger partial charge in [0.25, 0.3) is 0 Å². The van der Waals surface area contributed by atoms with Gasteiger partial charge in [0.1, 0.15) is 12.1 Å². The van der Waals surface area contributed by atoms with Crippen LogP contribution in [0.3, 0.4) is 0 Å². The van der Waals surface area contributed by atoms with Crippen LogP contribution in [-0.2, 0) is 20.8 Å². The van der Waals surface area contributed by atoms with Crippen molar-refractivity contribution < 1.29 is 14.4 Å². The third-order valence-corrected chi connectivity index (χ3v) is 4.76. The summed E-state index contributed by atoms with van der Waals surface area (Å²) in [6, 6.07) is 4.70. The van der Waals surface area contributed by atoms with Crippen LogP contribution in [0.4, 0.5) is 0 Å². The number of fused-ring (bicyclic) bond motifs is 1. The number of rotatable bonds is 6. The molecule has 8 heteroatoms. The Morgan fingerprint density at radius 1 is 1.19 bits per heavy atom. The number of nitroso groups, excluding NO2 is 1. The molecule has 0 saturated carbocycles. The van der Waals surface area contributed by atoms with E-state index in [0.29, 0.717) is 13.0 Å². The number of carbonyl (C=O) groups excluding carboxylic acids is 3. The van der Waals surface area contributed by atoms with Crippen LogP contribution in [0, 0.1) is 10.8 Å². The Morgan fingerprint density at radius 2 is 1.85 bits per heavy atom. The van der Waals surface area contributed by atoms with Crippen LogP contribution in [-0.4, -0.2) is 48.3 Å². The number of hydrogen-bond acceptors (Lipinski definition) is 5. The van der Waals surface area contributed by atoms with Gasteiger partial charge in [-0.25, -0.2) is 0 Å². The molecule has 3 atom stereocenters. The SMILES string of the molecule is CC(C)C(N=O)C(=O)N[C@@H](C)C(=O)N[C@H]1C(=O)N(C)CCc2ccccc21. The van der Waals surface area contributed by atoms with Gasteiger partial charge in [-0.3, -0.25) is 14.4 Å². The van der Waals surface area contributed by atoms with Crippen LogP contribution >= 0.6 is 0 Å². The van der Waals surface area contributed by atoms with E-state index in [4.69, 9.17) is 0 Å². The van der Waals surface area contributed by atoms with E-state index in [2.05, 4.69) is 15.8 Å². The molecule has 0 spiro atoms. The van der Waals surface area contributed by atoms with Crippen LogP contribution in [0.25, 0.3) is 0 Å². The molecule has 0 radical (unpaired) electrons. The molecule has 2 rings (SSSR count). The van der Waals surface area contributed by atoms with Crippen molar-refractivity contribution in [3.8, 4) is 0 Å². The van der Waals surface area contributed by atoms with Crippen LogP contribution in [0.2, 0.25) is 0 Å². The number of amides is 3. The van der Waals surface area contributed by atoms with Crippen molar-refractivity contribution in [2.45, 2.75) is 45.3 Å². The molecule has 2 N–H and O–H groups in total. The van der Waals surface area contributed by atoms with E-state index in [1.54, 1.807) is 25.8 Å². The summed E-state index contributed by atoms with van der Waals surface area (Å²) in [4.78, 5) is 49.9. The lowest BCUT2D eigenvalue weighted by molar-refractivity contribution is -0.136. The smallest absolute Gasteiger partial charge is 0.249 e. The first-order chi connectivity index (χ1) is 12.8. The lowest BCUT2D eigenvalue weighted by Crippen LogP contribution is -2.51. The van der Waals surface area contributed by atoms with Crippen LogP contribution in [0.15, 0.2) is 29.4 Å². The maximum absolute atomic E-state index is 12.7. The Kier molecular flexibility index (Phi) is 6.65. The summed E-state index contributed by atoms with van der Waals surface area (Å²) >= 11 is 0. The molecule has 0 aromatic heterocycles. The summed E-state index contributed by atoms with van der Waals surface area (Å²) in [5.74, 6) is -1.59. The highest BCUT2D eigenvalue weighted by Crippen LogP contribution is 2.24. The Morgan fingerprint density at radius 3 is 2.48 bits per heavy atom. The second-order valence-corrected chi connectivity index (χ2v) is 7.17. The Hall–Kier alpha value is -2.77. The maximum atomic E-state index is 12.7. The molecule has 1 aliphatic rings. The molecule has 1 heterocycles. The maximum Gasteiger partial charge on any atom is 0.249 e. The van der Waals surface area contributed by atoms with Crippen molar-refractivity contribution in [2.24, 2.45) is 11.1 Å². The molecule has 0 fully saturated rings. The van der Waals surface area contributed by atoms with Gasteiger partial charge < -0.3 is 15.5 Å². The molecule has 0 bridgehead atoms. The zero-order valence-electron chi connectivity index (χ0n) is 16.1. The standard InChI is InChI=1S/C19H26N4O4/c1-11(2)15(22-27)18(25)20-12(3)17(24)21-16-14-8-6-5-7-13(14)9-10-23(4)19(16)26/h5-8,11-12,15-16H,9-10H2,1-4H3,(H,20,25)(H,21,24)/t12-,15?,16+/m0/s1. The lowest BCUT2D eigenvalue weighted by atomic mass is 9.99. The van der Waals surface area contributed by atoms with Crippen molar-refractivity contribution in [3.63, 3.8) is 0 Å². The Labute approximate surface area is 158 Å². The van der Waals surface area contributed by atoms with E-state index in [0.717, 1.165) is 11.1 Å². The summed E-state index contributed by atoms with van der Waals surface area (Å²) in [7, 11) is 1.70. The van der Waals surface area contributed by atoms with Crippen molar-refractivity contribution in [1.82, 2.24) is 15.5 Å². The van der Waals surface area contributed by atoms with Gasteiger partial charge in [0, 0.05) is 13.6 Å². The molecule has 1 aliphatic heterocycles. The average Bonchev–Trinajstić information content (AvgIpc) is 2.74. The fourth-order valence-electron chi connectivity index (χ4n) is 3.04. The normalized spacial score (nSPS) is 18.9. The number of benzene rings is 1. The number of hydrogen-bond donors (Lipinski definition) is 2. The first-order valence-corrected chi connectivity index (χ1v) is 9.02. The molecular formula is C19H26N4O4. The van der Waals surface area contributed by atoms with Gasteiger partial charge in [-0.2, -0.15) is 0 Å². The summed E-state index contributed by atoms with van der Waals surface area (Å²) in [6.45, 7) is 5.47. The predicted molar refractivity (Wildman–Crippen MR) is 101 cm³/mol. The fourth-order valence-corrected chi connectivity index (χ4v) is 3.04. The molecule has 8 nitrogen and oxygen atoms in total. The van der Waals surface area contributed by atoms with Crippen molar-refractivity contribution in [3.05, 3.63) is 40.3 Å². The van der Waals surface area contributed by atoms with Gasteiger partial charge in [-0.1, -0.05) is 43.3 Å². The predicted octanol–water partition coefficient (Wildman–Crippen LogP) is 1.15. The van der Waals surface area contributed by atoms with Gasteiger partial charge >= 0.3 is 0 Å². The minimum Gasteiger partial charge on any atom is -0.343 e. The third-order valence-electron chi connectivity index (χ3n) is 4.76. The van der Waals surface area contributed by atoms with Gasteiger partial charge in [0.05, 0.1) is 0 Å². The largest absolute Gasteiger partial charge is 0.343 e. The first kappa shape index (κ1) is 20.5. The zero-order chi connectivity index (χ0) is 20.1. The van der Waals surface area contributed by atoms with E-state index in [-0.39, 0.29) is 11.8 Å². The van der Waals surface area contributed by atoms with Crippen LogP contribution in [0.5, 0.6) is 0 Å². The molecule has 0 saturated heterocycles. The van der Waals surface area contributed by atoms with Gasteiger partial charge in [0.15, 0.2) is 6.04 Å². The molecule has 146 valence electrons. The number of nitrogens with one attached hydrogen (secondary N) is 2. The number of likely N-dealkylation sites (N-methyl/N-ethyl adjacent to an activating group) is 1. The average molecular weight is 374 g/mol. The second kappa shape index (κ2) is 8.75. The zero-order valence-corrected chi connectivity index (χ0v) is 16.1. The lowest BCUT2D eigenvalue weighted by Gasteiger charge is -2.24. The molecule has 1 aromatic carbocycles. The quantitative estimate of drug-likeness (QED) is 0.728. The molecule has 0 aliphatic carbocycles. The van der Waals surface area contributed by atoms with Gasteiger partial charge in [0.2, 0.25) is 17.7 Å². The second-order valence-electron chi connectivity index (χ2n) is 7.17. The first-order valence-electron chi connectivity index (χ1n) is 9.02. The minimum atomic E-state index is -1.06. The summed E-state index contributed by atoms with van der Waals surface area (Å²) < 4.78 is 0. The third kappa shape index (κ3) is 4.69. The van der Waals surface area contributed by atoms with E-state index in [1.807, 2.05) is 24.3 Å². The summed E-state index contributed by atoms with van der Waals surface area (Å²) in [5.41, 5.74) is 1.76. The highest BCUT2D eigenvalue weighted by molar-refractivity contribution is 5.93. The van der Waals surface area contributed by atoms with Crippen molar-refractivity contribution >= 4 is 17.7 Å².